The standard InChI is InChI=1S/C16H10O3/c17-9-5-6-11-13-8-14(18)10-3-1-2-4-12(10)16(13)19-15(11)7-9/h1-8,17-18H. The van der Waals surface area contributed by atoms with Crippen LogP contribution < -0.4 is 0 Å². The fourth-order valence-corrected chi connectivity index (χ4v) is 2.57. The van der Waals surface area contributed by atoms with Crippen molar-refractivity contribution in [2.24, 2.45) is 0 Å². The molecule has 0 bridgehead atoms. The molecule has 1 aromatic heterocycles. The van der Waals surface area contributed by atoms with E-state index in [2.05, 4.69) is 0 Å². The lowest BCUT2D eigenvalue weighted by Gasteiger charge is -2.01. The Hall–Kier alpha value is -2.68. The van der Waals surface area contributed by atoms with Crippen molar-refractivity contribution in [2.45, 2.75) is 0 Å². The van der Waals surface area contributed by atoms with E-state index in [1.54, 1.807) is 24.3 Å². The Kier molecular flexibility index (Phi) is 1.85. The number of fused-ring (bicyclic) bond motifs is 5. The van der Waals surface area contributed by atoms with Gasteiger partial charge in [-0.05, 0) is 18.2 Å². The number of benzene rings is 3. The molecule has 0 saturated carbocycles. The fraction of sp³-hybridized carbons (Fsp3) is 0. The third kappa shape index (κ3) is 1.32. The molecule has 0 atom stereocenters. The summed E-state index contributed by atoms with van der Waals surface area (Å²) in [6.07, 6.45) is 0. The maximum Gasteiger partial charge on any atom is 0.143 e. The first-order chi connectivity index (χ1) is 9.24. The molecule has 0 fully saturated rings. The third-order valence-corrected chi connectivity index (χ3v) is 3.44. The summed E-state index contributed by atoms with van der Waals surface area (Å²) in [5.74, 6) is 0.402. The molecule has 4 rings (SSSR count). The molecule has 19 heavy (non-hydrogen) atoms. The van der Waals surface area contributed by atoms with Gasteiger partial charge in [-0.1, -0.05) is 24.3 Å². The molecule has 0 aliphatic heterocycles. The van der Waals surface area contributed by atoms with Gasteiger partial charge in [0, 0.05) is 27.6 Å². The Balaban J connectivity index is 2.31. The average Bonchev–Trinajstić information content (AvgIpc) is 2.77. The summed E-state index contributed by atoms with van der Waals surface area (Å²) < 4.78 is 5.83. The maximum absolute atomic E-state index is 10.1. The molecule has 0 aliphatic carbocycles. The number of furan rings is 1. The van der Waals surface area contributed by atoms with Gasteiger partial charge in [-0.15, -0.1) is 0 Å². The van der Waals surface area contributed by atoms with Gasteiger partial charge < -0.3 is 14.6 Å². The van der Waals surface area contributed by atoms with E-state index in [1.165, 1.54) is 0 Å². The summed E-state index contributed by atoms with van der Waals surface area (Å²) in [6.45, 7) is 0. The highest BCUT2D eigenvalue weighted by Crippen LogP contribution is 2.39. The van der Waals surface area contributed by atoms with Crippen LogP contribution in [0.5, 0.6) is 11.5 Å². The van der Waals surface area contributed by atoms with Crippen molar-refractivity contribution < 1.29 is 14.6 Å². The van der Waals surface area contributed by atoms with Crippen LogP contribution in [-0.2, 0) is 0 Å². The number of phenolic OH excluding ortho intramolecular Hbond substituents is 2. The molecule has 4 aromatic rings. The second-order valence-corrected chi connectivity index (χ2v) is 4.60. The van der Waals surface area contributed by atoms with E-state index in [9.17, 15) is 10.2 Å². The second kappa shape index (κ2) is 3.42. The van der Waals surface area contributed by atoms with Gasteiger partial charge >= 0.3 is 0 Å². The van der Waals surface area contributed by atoms with Crippen molar-refractivity contribution in [2.75, 3.05) is 0 Å². The molecule has 2 N–H and O–H groups in total. The summed E-state index contributed by atoms with van der Waals surface area (Å²) in [5, 5.41) is 23.0. The van der Waals surface area contributed by atoms with Gasteiger partial charge in [0.15, 0.2) is 0 Å². The average molecular weight is 250 g/mol. The SMILES string of the molecule is Oc1ccc2c(c1)oc1c3ccccc3c(O)cc21. The van der Waals surface area contributed by atoms with Crippen LogP contribution in [0.1, 0.15) is 0 Å². The monoisotopic (exact) mass is 250 g/mol. The number of hydrogen-bond donors (Lipinski definition) is 2. The zero-order valence-corrected chi connectivity index (χ0v) is 9.92. The quantitative estimate of drug-likeness (QED) is 0.493. The van der Waals surface area contributed by atoms with Crippen LogP contribution in [-0.4, -0.2) is 10.2 Å². The molecular weight excluding hydrogens is 240 g/mol. The Bertz CT molecular complexity index is 935. The van der Waals surface area contributed by atoms with Crippen molar-refractivity contribution in [3.05, 3.63) is 48.5 Å². The van der Waals surface area contributed by atoms with Gasteiger partial charge in [0.25, 0.3) is 0 Å². The number of aromatic hydroxyl groups is 2. The third-order valence-electron chi connectivity index (χ3n) is 3.44. The number of rotatable bonds is 0. The van der Waals surface area contributed by atoms with Gasteiger partial charge in [0.2, 0.25) is 0 Å². The largest absolute Gasteiger partial charge is 0.508 e. The number of phenols is 2. The van der Waals surface area contributed by atoms with E-state index >= 15 is 0 Å². The van der Waals surface area contributed by atoms with E-state index in [0.717, 1.165) is 27.1 Å². The topological polar surface area (TPSA) is 53.6 Å². The van der Waals surface area contributed by atoms with Gasteiger partial charge in [-0.2, -0.15) is 0 Å². The predicted octanol–water partition coefficient (Wildman–Crippen LogP) is 4.15. The molecule has 3 aromatic carbocycles. The van der Waals surface area contributed by atoms with E-state index in [4.69, 9.17) is 4.42 Å². The fourth-order valence-electron chi connectivity index (χ4n) is 2.57. The van der Waals surface area contributed by atoms with Crippen molar-refractivity contribution in [1.29, 1.82) is 0 Å². The molecule has 0 amide bonds. The zero-order valence-electron chi connectivity index (χ0n) is 9.92. The maximum atomic E-state index is 10.1. The Morgan fingerprint density at radius 3 is 2.37 bits per heavy atom. The second-order valence-electron chi connectivity index (χ2n) is 4.60. The number of hydrogen-bond acceptors (Lipinski definition) is 3. The van der Waals surface area contributed by atoms with Crippen molar-refractivity contribution in [1.82, 2.24) is 0 Å². The highest BCUT2D eigenvalue weighted by molar-refractivity contribution is 6.16. The van der Waals surface area contributed by atoms with Crippen LogP contribution >= 0.6 is 0 Å². The van der Waals surface area contributed by atoms with Crippen molar-refractivity contribution in [3.8, 4) is 11.5 Å². The lowest BCUT2D eigenvalue weighted by molar-refractivity contribution is 0.475. The van der Waals surface area contributed by atoms with Crippen LogP contribution in [0.4, 0.5) is 0 Å². The molecule has 0 aliphatic rings. The molecule has 1 heterocycles. The van der Waals surface area contributed by atoms with Crippen LogP contribution in [0, 0.1) is 0 Å². The molecule has 92 valence electrons. The van der Waals surface area contributed by atoms with Gasteiger partial charge in [-0.3, -0.25) is 0 Å². The first-order valence-corrected chi connectivity index (χ1v) is 6.00. The first kappa shape index (κ1) is 10.3. The minimum atomic E-state index is 0.167. The smallest absolute Gasteiger partial charge is 0.143 e. The molecule has 0 saturated heterocycles. The minimum absolute atomic E-state index is 0.167. The van der Waals surface area contributed by atoms with Crippen LogP contribution in [0.15, 0.2) is 52.9 Å². The van der Waals surface area contributed by atoms with Gasteiger partial charge in [-0.25, -0.2) is 0 Å². The van der Waals surface area contributed by atoms with Crippen LogP contribution in [0.25, 0.3) is 32.7 Å². The van der Waals surface area contributed by atoms with E-state index in [0.29, 0.717) is 5.58 Å². The predicted molar refractivity (Wildman–Crippen MR) is 74.6 cm³/mol. The molecule has 3 nitrogen and oxygen atoms in total. The van der Waals surface area contributed by atoms with Crippen molar-refractivity contribution >= 4 is 32.7 Å². The van der Waals surface area contributed by atoms with Gasteiger partial charge in [0.1, 0.15) is 22.7 Å². The Morgan fingerprint density at radius 1 is 0.737 bits per heavy atom. The van der Waals surface area contributed by atoms with Crippen molar-refractivity contribution in [3.63, 3.8) is 0 Å². The van der Waals surface area contributed by atoms with E-state index in [1.807, 2.05) is 24.3 Å². The first-order valence-electron chi connectivity index (χ1n) is 6.00. The zero-order chi connectivity index (χ0) is 13.0. The Morgan fingerprint density at radius 2 is 1.53 bits per heavy atom. The molecule has 0 radical (unpaired) electrons. The highest BCUT2D eigenvalue weighted by atomic mass is 16.3. The summed E-state index contributed by atoms with van der Waals surface area (Å²) in [5.41, 5.74) is 1.35. The van der Waals surface area contributed by atoms with E-state index < -0.39 is 0 Å². The molecule has 0 unspecified atom stereocenters. The highest BCUT2D eigenvalue weighted by Gasteiger charge is 2.13. The summed E-state index contributed by atoms with van der Waals surface area (Å²) >= 11 is 0. The molecular formula is C16H10O3. The lowest BCUT2D eigenvalue weighted by atomic mass is 10.0. The summed E-state index contributed by atoms with van der Waals surface area (Å²) in [7, 11) is 0. The lowest BCUT2D eigenvalue weighted by Crippen LogP contribution is -1.75. The normalized spacial score (nSPS) is 11.6. The molecule has 0 spiro atoms. The summed E-state index contributed by atoms with van der Waals surface area (Å²) in [4.78, 5) is 0. The van der Waals surface area contributed by atoms with Crippen LogP contribution in [0.2, 0.25) is 0 Å². The van der Waals surface area contributed by atoms with Crippen LogP contribution in [0.3, 0.4) is 0 Å². The molecule has 3 heteroatoms. The van der Waals surface area contributed by atoms with Gasteiger partial charge in [0.05, 0.1) is 0 Å². The van der Waals surface area contributed by atoms with E-state index in [-0.39, 0.29) is 11.5 Å². The summed E-state index contributed by atoms with van der Waals surface area (Å²) in [6, 6.07) is 14.3. The minimum Gasteiger partial charge on any atom is -0.508 e. The Labute approximate surface area is 108 Å².